The molecule has 2 nitrogen and oxygen atoms in total. The van der Waals surface area contributed by atoms with Crippen LogP contribution in [0.5, 0.6) is 0 Å². The van der Waals surface area contributed by atoms with Crippen molar-refractivity contribution in [3.63, 3.8) is 0 Å². The Morgan fingerprint density at radius 1 is 1.75 bits per heavy atom. The van der Waals surface area contributed by atoms with Crippen molar-refractivity contribution >= 4 is 5.78 Å². The van der Waals surface area contributed by atoms with Crippen LogP contribution >= 0.6 is 0 Å². The fraction of sp³-hybridized carbons (Fsp3) is 0.500. The minimum absolute atomic E-state index is 0.0960. The number of carbonyl (C=O) groups excluding carboxylic acids is 1. The van der Waals surface area contributed by atoms with E-state index in [1.807, 2.05) is 13.0 Å². The highest BCUT2D eigenvalue weighted by Crippen LogP contribution is 2.13. The molecule has 1 unspecified atom stereocenters. The summed E-state index contributed by atoms with van der Waals surface area (Å²) in [4.78, 5) is 11.1. The molecule has 12 heavy (non-hydrogen) atoms. The molecule has 66 valence electrons. The van der Waals surface area contributed by atoms with Crippen LogP contribution in [0, 0.1) is 0 Å². The van der Waals surface area contributed by atoms with Crippen LogP contribution in [0.1, 0.15) is 26.2 Å². The smallest absolute Gasteiger partial charge is 0.159 e. The van der Waals surface area contributed by atoms with Crippen molar-refractivity contribution in [3.05, 3.63) is 24.5 Å². The van der Waals surface area contributed by atoms with Crippen molar-refractivity contribution in [2.45, 2.75) is 32.3 Å². The van der Waals surface area contributed by atoms with Gasteiger partial charge in [-0.15, -0.1) is 0 Å². The molecule has 0 N–H and O–H groups in total. The number of rotatable bonds is 3. The molecule has 0 aliphatic carbocycles. The maximum absolute atomic E-state index is 11.1. The van der Waals surface area contributed by atoms with E-state index in [1.54, 1.807) is 18.4 Å². The topological polar surface area (TPSA) is 26.3 Å². The second kappa shape index (κ2) is 4.75. The highest BCUT2D eigenvalue weighted by Gasteiger charge is 2.13. The highest BCUT2D eigenvalue weighted by atomic mass is 16.5. The van der Waals surface area contributed by atoms with Gasteiger partial charge in [-0.1, -0.05) is 6.08 Å². The SMILES string of the molecule is C/C=C/C(=O)CC1CCC=CO1. The van der Waals surface area contributed by atoms with Gasteiger partial charge in [-0.3, -0.25) is 4.79 Å². The third-order valence-corrected chi connectivity index (χ3v) is 1.80. The second-order valence-electron chi connectivity index (χ2n) is 2.88. The molecular weight excluding hydrogens is 152 g/mol. The van der Waals surface area contributed by atoms with Crippen molar-refractivity contribution in [3.8, 4) is 0 Å². The van der Waals surface area contributed by atoms with Crippen LogP contribution in [0.4, 0.5) is 0 Å². The van der Waals surface area contributed by atoms with Crippen molar-refractivity contribution in [2.75, 3.05) is 0 Å². The van der Waals surface area contributed by atoms with Gasteiger partial charge in [0.25, 0.3) is 0 Å². The Morgan fingerprint density at radius 2 is 2.58 bits per heavy atom. The maximum Gasteiger partial charge on any atom is 0.159 e. The van der Waals surface area contributed by atoms with E-state index < -0.39 is 0 Å². The first-order chi connectivity index (χ1) is 5.83. The van der Waals surface area contributed by atoms with E-state index in [2.05, 4.69) is 0 Å². The normalized spacial score (nSPS) is 22.6. The first-order valence-corrected chi connectivity index (χ1v) is 4.29. The van der Waals surface area contributed by atoms with Gasteiger partial charge >= 0.3 is 0 Å². The summed E-state index contributed by atoms with van der Waals surface area (Å²) in [5.41, 5.74) is 0. The standard InChI is InChI=1S/C10H14O2/c1-2-5-9(11)8-10-6-3-4-7-12-10/h2,4-5,7,10H,3,6,8H2,1H3/b5-2+. The maximum atomic E-state index is 11.1. The van der Waals surface area contributed by atoms with Crippen molar-refractivity contribution < 1.29 is 9.53 Å². The van der Waals surface area contributed by atoms with E-state index in [0.29, 0.717) is 6.42 Å². The van der Waals surface area contributed by atoms with Gasteiger partial charge in [-0.05, 0) is 31.9 Å². The van der Waals surface area contributed by atoms with E-state index in [4.69, 9.17) is 4.74 Å². The quantitative estimate of drug-likeness (QED) is 0.601. The molecule has 0 aromatic rings. The Bertz CT molecular complexity index is 204. The van der Waals surface area contributed by atoms with Gasteiger partial charge in [0.1, 0.15) is 6.10 Å². The average molecular weight is 166 g/mol. The van der Waals surface area contributed by atoms with Gasteiger partial charge in [0.15, 0.2) is 5.78 Å². The summed E-state index contributed by atoms with van der Waals surface area (Å²) >= 11 is 0. The molecule has 0 bridgehead atoms. The summed E-state index contributed by atoms with van der Waals surface area (Å²) < 4.78 is 5.26. The predicted molar refractivity (Wildman–Crippen MR) is 47.7 cm³/mol. The number of allylic oxidation sites excluding steroid dienone is 3. The molecular formula is C10H14O2. The zero-order valence-corrected chi connectivity index (χ0v) is 7.32. The largest absolute Gasteiger partial charge is 0.498 e. The van der Waals surface area contributed by atoms with Gasteiger partial charge in [-0.25, -0.2) is 0 Å². The number of ether oxygens (including phenoxy) is 1. The van der Waals surface area contributed by atoms with Crippen LogP contribution in [0.25, 0.3) is 0 Å². The minimum Gasteiger partial charge on any atom is -0.498 e. The molecule has 0 spiro atoms. The molecule has 0 radical (unpaired) electrons. The van der Waals surface area contributed by atoms with Crippen molar-refractivity contribution in [1.82, 2.24) is 0 Å². The third-order valence-electron chi connectivity index (χ3n) is 1.80. The van der Waals surface area contributed by atoms with Crippen LogP contribution in [0.2, 0.25) is 0 Å². The summed E-state index contributed by atoms with van der Waals surface area (Å²) in [6, 6.07) is 0. The van der Waals surface area contributed by atoms with Crippen LogP contribution in [0.3, 0.4) is 0 Å². The van der Waals surface area contributed by atoms with Crippen molar-refractivity contribution in [1.29, 1.82) is 0 Å². The van der Waals surface area contributed by atoms with Gasteiger partial charge in [0.05, 0.1) is 6.26 Å². The average Bonchev–Trinajstić information content (AvgIpc) is 2.06. The third kappa shape index (κ3) is 2.91. The summed E-state index contributed by atoms with van der Waals surface area (Å²) in [7, 11) is 0. The molecule has 0 saturated carbocycles. The highest BCUT2D eigenvalue weighted by molar-refractivity contribution is 5.89. The van der Waals surface area contributed by atoms with Crippen LogP contribution in [0.15, 0.2) is 24.5 Å². The summed E-state index contributed by atoms with van der Waals surface area (Å²) in [5, 5.41) is 0. The Balaban J connectivity index is 2.30. The fourth-order valence-electron chi connectivity index (χ4n) is 1.21. The molecule has 0 aromatic heterocycles. The number of hydrogen-bond donors (Lipinski definition) is 0. The number of carbonyl (C=O) groups is 1. The first-order valence-electron chi connectivity index (χ1n) is 4.29. The van der Waals surface area contributed by atoms with Crippen LogP contribution < -0.4 is 0 Å². The zero-order valence-electron chi connectivity index (χ0n) is 7.32. The Hall–Kier alpha value is -1.05. The summed E-state index contributed by atoms with van der Waals surface area (Å²) in [5.74, 6) is 0.151. The van der Waals surface area contributed by atoms with Gasteiger partial charge in [0, 0.05) is 6.42 Å². The lowest BCUT2D eigenvalue weighted by molar-refractivity contribution is -0.116. The minimum atomic E-state index is 0.0960. The number of hydrogen-bond acceptors (Lipinski definition) is 2. The lowest BCUT2D eigenvalue weighted by Gasteiger charge is -2.17. The lowest BCUT2D eigenvalue weighted by Crippen LogP contribution is -2.16. The summed E-state index contributed by atoms with van der Waals surface area (Å²) in [6.07, 6.45) is 9.62. The van der Waals surface area contributed by atoms with E-state index >= 15 is 0 Å². The Morgan fingerprint density at radius 3 is 3.17 bits per heavy atom. The molecule has 1 atom stereocenters. The van der Waals surface area contributed by atoms with Gasteiger partial charge < -0.3 is 4.74 Å². The molecule has 2 heteroatoms. The van der Waals surface area contributed by atoms with Crippen LogP contribution in [-0.2, 0) is 9.53 Å². The lowest BCUT2D eigenvalue weighted by atomic mass is 10.1. The molecule has 0 saturated heterocycles. The second-order valence-corrected chi connectivity index (χ2v) is 2.88. The van der Waals surface area contributed by atoms with E-state index in [-0.39, 0.29) is 11.9 Å². The van der Waals surface area contributed by atoms with E-state index in [0.717, 1.165) is 12.8 Å². The molecule has 0 amide bonds. The molecule has 1 heterocycles. The Labute approximate surface area is 72.9 Å². The van der Waals surface area contributed by atoms with Crippen molar-refractivity contribution in [2.24, 2.45) is 0 Å². The monoisotopic (exact) mass is 166 g/mol. The number of ketones is 1. The molecule has 0 aromatic carbocycles. The van der Waals surface area contributed by atoms with Gasteiger partial charge in [-0.2, -0.15) is 0 Å². The predicted octanol–water partition coefficient (Wildman–Crippen LogP) is 2.21. The van der Waals surface area contributed by atoms with Crippen LogP contribution in [-0.4, -0.2) is 11.9 Å². The molecule has 0 fully saturated rings. The van der Waals surface area contributed by atoms with E-state index in [9.17, 15) is 4.79 Å². The molecule has 1 rings (SSSR count). The molecule has 1 aliphatic heterocycles. The summed E-state index contributed by atoms with van der Waals surface area (Å²) in [6.45, 7) is 1.85. The fourth-order valence-corrected chi connectivity index (χ4v) is 1.21. The zero-order chi connectivity index (χ0) is 8.81. The van der Waals surface area contributed by atoms with E-state index in [1.165, 1.54) is 0 Å². The van der Waals surface area contributed by atoms with Gasteiger partial charge in [0.2, 0.25) is 0 Å². The molecule has 1 aliphatic rings. The Kier molecular flexibility index (Phi) is 3.58. The first kappa shape index (κ1) is 9.04.